The van der Waals surface area contributed by atoms with Gasteiger partial charge in [-0.2, -0.15) is 0 Å². The lowest BCUT2D eigenvalue weighted by Crippen LogP contribution is -3.14. The zero-order chi connectivity index (χ0) is 19.9. The molecule has 3 rings (SSSR count). The maximum atomic E-state index is 12.0. The van der Waals surface area contributed by atoms with Crippen LogP contribution >= 0.6 is 0 Å². The van der Waals surface area contributed by atoms with Crippen LogP contribution in [0.5, 0.6) is 0 Å². The number of likely N-dealkylation sites (tertiary alicyclic amines) is 1. The van der Waals surface area contributed by atoms with Gasteiger partial charge in [0.15, 0.2) is 6.04 Å². The molecule has 7 heteroatoms. The molecule has 7 nitrogen and oxygen atoms in total. The number of aryl methyl sites for hydroxylation is 2. The van der Waals surface area contributed by atoms with Gasteiger partial charge in [-0.1, -0.05) is 44.2 Å². The molecule has 1 N–H and O–H groups in total. The van der Waals surface area contributed by atoms with Gasteiger partial charge in [0.25, 0.3) is 0 Å². The monoisotopic (exact) mass is 386 g/mol. The Kier molecular flexibility index (Phi) is 7.14. The van der Waals surface area contributed by atoms with Gasteiger partial charge in [-0.3, -0.25) is 4.79 Å². The fraction of sp³-hybridized carbons (Fsp3) is 0.619. The van der Waals surface area contributed by atoms with Crippen molar-refractivity contribution in [2.75, 3.05) is 19.7 Å². The SMILES string of the molecule is CCOC(=O)C1CC[NH+]([C@H](c2nnnn2CCc2ccccc2)C(C)C)CC1. The molecule has 1 aromatic heterocycles. The summed E-state index contributed by atoms with van der Waals surface area (Å²) < 4.78 is 7.17. The van der Waals surface area contributed by atoms with E-state index in [-0.39, 0.29) is 17.9 Å². The van der Waals surface area contributed by atoms with Crippen LogP contribution in [0.25, 0.3) is 0 Å². The summed E-state index contributed by atoms with van der Waals surface area (Å²) in [5, 5.41) is 12.6. The van der Waals surface area contributed by atoms with E-state index in [1.54, 1.807) is 0 Å². The van der Waals surface area contributed by atoms with Gasteiger partial charge >= 0.3 is 5.97 Å². The minimum absolute atomic E-state index is 0.0330. The first-order valence-corrected chi connectivity index (χ1v) is 10.4. The topological polar surface area (TPSA) is 74.3 Å². The van der Waals surface area contributed by atoms with E-state index in [1.807, 2.05) is 17.7 Å². The third kappa shape index (κ3) is 4.95. The highest BCUT2D eigenvalue weighted by molar-refractivity contribution is 5.72. The van der Waals surface area contributed by atoms with Gasteiger partial charge in [0.1, 0.15) is 0 Å². The number of piperidine rings is 1. The van der Waals surface area contributed by atoms with Crippen molar-refractivity contribution in [1.82, 2.24) is 20.2 Å². The number of hydrogen-bond acceptors (Lipinski definition) is 5. The maximum Gasteiger partial charge on any atom is 0.309 e. The Balaban J connectivity index is 1.67. The molecule has 2 aromatic rings. The number of aromatic nitrogens is 4. The van der Waals surface area contributed by atoms with Crippen LogP contribution in [0.15, 0.2) is 30.3 Å². The number of nitrogens with one attached hydrogen (secondary N) is 1. The molecule has 1 aliphatic rings. The third-order valence-corrected chi connectivity index (χ3v) is 5.65. The molecule has 0 spiro atoms. The van der Waals surface area contributed by atoms with Crippen molar-refractivity contribution in [3.8, 4) is 0 Å². The summed E-state index contributed by atoms with van der Waals surface area (Å²) in [5.74, 6) is 1.35. The molecule has 0 amide bonds. The Morgan fingerprint density at radius 1 is 1.25 bits per heavy atom. The molecule has 0 aliphatic carbocycles. The fourth-order valence-electron chi connectivity index (χ4n) is 4.22. The van der Waals surface area contributed by atoms with Crippen molar-refractivity contribution in [2.24, 2.45) is 11.8 Å². The molecule has 0 unspecified atom stereocenters. The van der Waals surface area contributed by atoms with Crippen LogP contribution in [0, 0.1) is 11.8 Å². The molecule has 1 saturated heterocycles. The number of carbonyl (C=O) groups is 1. The summed E-state index contributed by atoms with van der Waals surface area (Å²) in [4.78, 5) is 13.5. The molecule has 0 saturated carbocycles. The van der Waals surface area contributed by atoms with Crippen LogP contribution in [-0.4, -0.2) is 45.9 Å². The molecule has 2 heterocycles. The van der Waals surface area contributed by atoms with Gasteiger partial charge in [-0.25, -0.2) is 4.68 Å². The second-order valence-corrected chi connectivity index (χ2v) is 7.90. The largest absolute Gasteiger partial charge is 0.466 e. The predicted molar refractivity (Wildman–Crippen MR) is 106 cm³/mol. The molecule has 0 radical (unpaired) electrons. The lowest BCUT2D eigenvalue weighted by molar-refractivity contribution is -0.941. The zero-order valence-electron chi connectivity index (χ0n) is 17.2. The van der Waals surface area contributed by atoms with Gasteiger partial charge < -0.3 is 9.64 Å². The lowest BCUT2D eigenvalue weighted by atomic mass is 9.93. The van der Waals surface area contributed by atoms with E-state index in [9.17, 15) is 4.79 Å². The quantitative estimate of drug-likeness (QED) is 0.696. The Hall–Kier alpha value is -2.28. The highest BCUT2D eigenvalue weighted by atomic mass is 16.5. The van der Waals surface area contributed by atoms with Crippen molar-refractivity contribution >= 4 is 5.97 Å². The van der Waals surface area contributed by atoms with E-state index in [1.165, 1.54) is 10.5 Å². The number of carbonyl (C=O) groups excluding carboxylic acids is 1. The smallest absolute Gasteiger partial charge is 0.309 e. The van der Waals surface area contributed by atoms with Gasteiger partial charge in [0.05, 0.1) is 25.6 Å². The van der Waals surface area contributed by atoms with Crippen LogP contribution in [0.1, 0.15) is 51.0 Å². The average molecular weight is 387 g/mol. The van der Waals surface area contributed by atoms with Crippen molar-refractivity contribution in [3.05, 3.63) is 41.7 Å². The summed E-state index contributed by atoms with van der Waals surface area (Å²) in [5.41, 5.74) is 1.28. The molecule has 1 atom stereocenters. The van der Waals surface area contributed by atoms with Crippen molar-refractivity contribution < 1.29 is 14.4 Å². The summed E-state index contributed by atoms with van der Waals surface area (Å²) in [7, 11) is 0. The Labute approximate surface area is 167 Å². The summed E-state index contributed by atoms with van der Waals surface area (Å²) >= 11 is 0. The highest BCUT2D eigenvalue weighted by Gasteiger charge is 2.37. The summed E-state index contributed by atoms with van der Waals surface area (Å²) in [6.45, 7) is 9.43. The van der Waals surface area contributed by atoms with Crippen molar-refractivity contribution in [1.29, 1.82) is 0 Å². The van der Waals surface area contributed by atoms with Gasteiger partial charge in [0.2, 0.25) is 5.82 Å². The van der Waals surface area contributed by atoms with Crippen LogP contribution in [0.3, 0.4) is 0 Å². The molecule has 1 aliphatic heterocycles. The molecule has 28 heavy (non-hydrogen) atoms. The molecule has 152 valence electrons. The maximum absolute atomic E-state index is 12.0. The second-order valence-electron chi connectivity index (χ2n) is 7.90. The Bertz CT molecular complexity index is 738. The molecular formula is C21H32N5O2+. The van der Waals surface area contributed by atoms with E-state index in [0.29, 0.717) is 12.5 Å². The van der Waals surface area contributed by atoms with Crippen LogP contribution in [0.4, 0.5) is 0 Å². The number of hydrogen-bond donors (Lipinski definition) is 1. The van der Waals surface area contributed by atoms with E-state index in [4.69, 9.17) is 4.74 Å². The number of rotatable bonds is 8. The molecule has 0 bridgehead atoms. The predicted octanol–water partition coefficient (Wildman–Crippen LogP) is 1.47. The zero-order valence-corrected chi connectivity index (χ0v) is 17.2. The number of nitrogens with zero attached hydrogens (tertiary/aromatic N) is 4. The first-order valence-electron chi connectivity index (χ1n) is 10.4. The van der Waals surface area contributed by atoms with Crippen LogP contribution in [0.2, 0.25) is 0 Å². The number of tetrazole rings is 1. The Morgan fingerprint density at radius 3 is 2.61 bits per heavy atom. The second kappa shape index (κ2) is 9.78. The molecular weight excluding hydrogens is 354 g/mol. The third-order valence-electron chi connectivity index (χ3n) is 5.65. The van der Waals surface area contributed by atoms with Crippen molar-refractivity contribution in [2.45, 2.75) is 52.6 Å². The molecule has 1 aromatic carbocycles. The van der Waals surface area contributed by atoms with Crippen molar-refractivity contribution in [3.63, 3.8) is 0 Å². The standard InChI is InChI=1S/C21H31N5O2/c1-4-28-21(27)18-11-13-25(14-12-18)19(16(2)3)20-22-23-24-26(20)15-10-17-8-6-5-7-9-17/h5-9,16,18-19H,4,10-15H2,1-3H3/p+1/t19-/m0/s1. The van der Waals surface area contributed by atoms with E-state index in [2.05, 4.69) is 53.6 Å². The van der Waals surface area contributed by atoms with Crippen LogP contribution < -0.4 is 4.90 Å². The average Bonchev–Trinajstić information content (AvgIpc) is 3.16. The number of quaternary nitrogens is 1. The fourth-order valence-corrected chi connectivity index (χ4v) is 4.22. The first kappa shape index (κ1) is 20.5. The number of esters is 1. The Morgan fingerprint density at radius 2 is 1.96 bits per heavy atom. The number of benzene rings is 1. The minimum Gasteiger partial charge on any atom is -0.466 e. The molecule has 1 fully saturated rings. The van der Waals surface area contributed by atoms with Gasteiger partial charge in [0, 0.05) is 25.3 Å². The minimum atomic E-state index is -0.0460. The van der Waals surface area contributed by atoms with E-state index < -0.39 is 0 Å². The summed E-state index contributed by atoms with van der Waals surface area (Å²) in [6, 6.07) is 10.7. The first-order chi connectivity index (χ1) is 13.6. The lowest BCUT2D eigenvalue weighted by Gasteiger charge is -2.35. The van der Waals surface area contributed by atoms with E-state index >= 15 is 0 Å². The highest BCUT2D eigenvalue weighted by Crippen LogP contribution is 2.20. The van der Waals surface area contributed by atoms with Gasteiger partial charge in [-0.15, -0.1) is 5.10 Å². The van der Waals surface area contributed by atoms with E-state index in [0.717, 1.165) is 44.7 Å². The van der Waals surface area contributed by atoms with Crippen LogP contribution in [-0.2, 0) is 22.5 Å². The summed E-state index contributed by atoms with van der Waals surface area (Å²) in [6.07, 6.45) is 2.63. The normalized spacial score (nSPS) is 20.9. The number of ether oxygens (including phenoxy) is 1. The van der Waals surface area contributed by atoms with Gasteiger partial charge in [-0.05, 0) is 29.3 Å².